The number of rotatable bonds is 6. The number of sulfonamides is 1. The van der Waals surface area contributed by atoms with Gasteiger partial charge in [0.1, 0.15) is 5.54 Å². The van der Waals surface area contributed by atoms with Gasteiger partial charge in [0, 0.05) is 0 Å². The van der Waals surface area contributed by atoms with Gasteiger partial charge in [-0.1, -0.05) is 25.1 Å². The number of nitriles is 1. The van der Waals surface area contributed by atoms with Crippen LogP contribution < -0.4 is 4.72 Å². The fraction of sp³-hybridized carbons (Fsp3) is 0.385. The molecule has 1 aromatic carbocycles. The van der Waals surface area contributed by atoms with E-state index in [1.54, 1.807) is 19.1 Å². The predicted molar refractivity (Wildman–Crippen MR) is 73.2 cm³/mol. The highest BCUT2D eigenvalue weighted by atomic mass is 32.2. The van der Waals surface area contributed by atoms with Crippen LogP contribution in [0.15, 0.2) is 24.3 Å². The Morgan fingerprint density at radius 1 is 1.45 bits per heavy atom. The van der Waals surface area contributed by atoms with Gasteiger partial charge in [-0.05, 0) is 25.0 Å². The molecule has 1 atom stereocenters. The average Bonchev–Trinajstić information content (AvgIpc) is 2.38. The molecule has 20 heavy (non-hydrogen) atoms. The normalized spacial score (nSPS) is 14.2. The molecule has 7 heteroatoms. The first-order chi connectivity index (χ1) is 9.24. The molecule has 0 fully saturated rings. The van der Waals surface area contributed by atoms with Crippen molar-refractivity contribution in [1.82, 2.24) is 4.72 Å². The Kier molecular flexibility index (Phi) is 4.87. The molecule has 0 aliphatic carbocycles. The summed E-state index contributed by atoms with van der Waals surface area (Å²) in [6.45, 7) is 2.89. The maximum Gasteiger partial charge on any atom is 0.324 e. The van der Waals surface area contributed by atoms with Crippen molar-refractivity contribution >= 4 is 16.0 Å². The Labute approximate surface area is 118 Å². The summed E-state index contributed by atoms with van der Waals surface area (Å²) >= 11 is 0. The molecule has 0 aromatic heterocycles. The van der Waals surface area contributed by atoms with Crippen LogP contribution in [-0.4, -0.2) is 25.0 Å². The van der Waals surface area contributed by atoms with Crippen molar-refractivity contribution in [2.24, 2.45) is 0 Å². The van der Waals surface area contributed by atoms with E-state index < -0.39 is 27.3 Å². The van der Waals surface area contributed by atoms with Gasteiger partial charge in [-0.25, -0.2) is 8.42 Å². The van der Waals surface area contributed by atoms with Crippen molar-refractivity contribution in [3.63, 3.8) is 0 Å². The molecule has 0 aliphatic rings. The molecule has 1 unspecified atom stereocenters. The molecule has 108 valence electrons. The van der Waals surface area contributed by atoms with E-state index in [-0.39, 0.29) is 12.0 Å². The van der Waals surface area contributed by atoms with E-state index in [2.05, 4.69) is 4.72 Å². The minimum Gasteiger partial charge on any atom is -0.480 e. The number of carbonyl (C=O) groups is 1. The van der Waals surface area contributed by atoms with E-state index in [4.69, 9.17) is 10.4 Å². The van der Waals surface area contributed by atoms with Crippen LogP contribution in [0, 0.1) is 11.3 Å². The molecular formula is C13H16N2O4S. The summed E-state index contributed by atoms with van der Waals surface area (Å²) in [5.41, 5.74) is -0.960. The molecule has 1 rings (SSSR count). The number of hydrogen-bond acceptors (Lipinski definition) is 4. The lowest BCUT2D eigenvalue weighted by molar-refractivity contribution is -0.143. The Balaban J connectivity index is 3.02. The lowest BCUT2D eigenvalue weighted by Gasteiger charge is -2.24. The van der Waals surface area contributed by atoms with Gasteiger partial charge in [-0.15, -0.1) is 0 Å². The van der Waals surface area contributed by atoms with Gasteiger partial charge in [0.2, 0.25) is 10.0 Å². The zero-order valence-corrected chi connectivity index (χ0v) is 12.1. The van der Waals surface area contributed by atoms with Gasteiger partial charge in [0.05, 0.1) is 17.4 Å². The van der Waals surface area contributed by atoms with Crippen molar-refractivity contribution in [1.29, 1.82) is 5.26 Å². The van der Waals surface area contributed by atoms with Gasteiger partial charge >= 0.3 is 5.97 Å². The quantitative estimate of drug-likeness (QED) is 0.821. The topological polar surface area (TPSA) is 107 Å². The van der Waals surface area contributed by atoms with Crippen molar-refractivity contribution in [3.05, 3.63) is 35.4 Å². The largest absolute Gasteiger partial charge is 0.480 e. The summed E-state index contributed by atoms with van der Waals surface area (Å²) in [5, 5.41) is 18.0. The highest BCUT2D eigenvalue weighted by Crippen LogP contribution is 2.15. The van der Waals surface area contributed by atoms with Crippen LogP contribution in [0.5, 0.6) is 0 Å². The third-order valence-electron chi connectivity index (χ3n) is 3.04. The molecular weight excluding hydrogens is 280 g/mol. The van der Waals surface area contributed by atoms with E-state index in [1.807, 2.05) is 6.07 Å². The molecule has 0 heterocycles. The number of nitrogens with one attached hydrogen (secondary N) is 1. The number of hydrogen-bond donors (Lipinski definition) is 2. The Morgan fingerprint density at radius 2 is 2.05 bits per heavy atom. The molecule has 0 amide bonds. The minimum absolute atomic E-state index is 0.113. The third-order valence-corrected chi connectivity index (χ3v) is 4.50. The second-order valence-corrected chi connectivity index (χ2v) is 6.34. The Morgan fingerprint density at radius 3 is 2.55 bits per heavy atom. The van der Waals surface area contributed by atoms with E-state index >= 15 is 0 Å². The van der Waals surface area contributed by atoms with Crippen molar-refractivity contribution in [2.45, 2.75) is 31.6 Å². The smallest absolute Gasteiger partial charge is 0.324 e. The monoisotopic (exact) mass is 296 g/mol. The van der Waals surface area contributed by atoms with E-state index in [0.29, 0.717) is 5.56 Å². The van der Waals surface area contributed by atoms with Crippen LogP contribution in [0.2, 0.25) is 0 Å². The molecule has 0 bridgehead atoms. The first kappa shape index (κ1) is 16.1. The first-order valence-corrected chi connectivity index (χ1v) is 7.62. The van der Waals surface area contributed by atoms with Crippen LogP contribution in [0.4, 0.5) is 0 Å². The highest BCUT2D eigenvalue weighted by molar-refractivity contribution is 7.88. The Bertz CT molecular complexity index is 649. The lowest BCUT2D eigenvalue weighted by atomic mass is 10.0. The number of aliphatic carboxylic acids is 1. The summed E-state index contributed by atoms with van der Waals surface area (Å²) < 4.78 is 26.3. The summed E-state index contributed by atoms with van der Waals surface area (Å²) in [7, 11) is -3.86. The van der Waals surface area contributed by atoms with Gasteiger partial charge in [0.15, 0.2) is 0 Å². The third kappa shape index (κ3) is 3.79. The molecule has 0 aliphatic heterocycles. The second kappa shape index (κ2) is 6.03. The van der Waals surface area contributed by atoms with E-state index in [1.165, 1.54) is 19.1 Å². The van der Waals surface area contributed by atoms with Crippen LogP contribution in [-0.2, 0) is 20.6 Å². The fourth-order valence-electron chi connectivity index (χ4n) is 1.61. The number of nitrogens with zero attached hydrogens (tertiary/aromatic N) is 1. The predicted octanol–water partition coefficient (Wildman–Crippen LogP) is 1.23. The molecule has 0 spiro atoms. The maximum absolute atomic E-state index is 12.1. The SMILES string of the molecule is CCC(C)(NS(=O)(=O)Cc1ccccc1C#N)C(=O)O. The molecule has 2 N–H and O–H groups in total. The molecule has 1 aromatic rings. The van der Waals surface area contributed by atoms with Crippen molar-refractivity contribution in [3.8, 4) is 6.07 Å². The summed E-state index contributed by atoms with van der Waals surface area (Å²) in [5.74, 6) is -1.67. The van der Waals surface area contributed by atoms with Crippen LogP contribution in [0.3, 0.4) is 0 Å². The number of carboxylic acid groups (broad SMARTS) is 1. The summed E-state index contributed by atoms with van der Waals surface area (Å²) in [4.78, 5) is 11.1. The van der Waals surface area contributed by atoms with Crippen LogP contribution >= 0.6 is 0 Å². The highest BCUT2D eigenvalue weighted by Gasteiger charge is 2.35. The molecule has 0 saturated carbocycles. The molecule has 0 saturated heterocycles. The fourth-order valence-corrected chi connectivity index (χ4v) is 3.26. The van der Waals surface area contributed by atoms with Crippen LogP contribution in [0.1, 0.15) is 31.4 Å². The lowest BCUT2D eigenvalue weighted by Crippen LogP contribution is -2.51. The standard InChI is InChI=1S/C13H16N2O4S/c1-3-13(2,12(16)17)15-20(18,19)9-11-7-5-4-6-10(11)8-14/h4-7,15H,3,9H2,1-2H3,(H,16,17). The van der Waals surface area contributed by atoms with Crippen molar-refractivity contribution in [2.75, 3.05) is 0 Å². The summed E-state index contributed by atoms with van der Waals surface area (Å²) in [6.07, 6.45) is 0.113. The molecule has 6 nitrogen and oxygen atoms in total. The van der Waals surface area contributed by atoms with Crippen LogP contribution in [0.25, 0.3) is 0 Å². The Hall–Kier alpha value is -1.91. The summed E-state index contributed by atoms with van der Waals surface area (Å²) in [6, 6.07) is 8.22. The maximum atomic E-state index is 12.1. The van der Waals surface area contributed by atoms with Crippen molar-refractivity contribution < 1.29 is 18.3 Å². The van der Waals surface area contributed by atoms with E-state index in [0.717, 1.165) is 0 Å². The van der Waals surface area contributed by atoms with E-state index in [9.17, 15) is 13.2 Å². The van der Waals surface area contributed by atoms with Gasteiger partial charge < -0.3 is 5.11 Å². The minimum atomic E-state index is -3.86. The zero-order valence-electron chi connectivity index (χ0n) is 11.3. The number of benzene rings is 1. The zero-order chi connectivity index (χ0) is 15.4. The second-order valence-electron chi connectivity index (χ2n) is 4.62. The van der Waals surface area contributed by atoms with Gasteiger partial charge in [-0.2, -0.15) is 9.98 Å². The van der Waals surface area contributed by atoms with Gasteiger partial charge in [-0.3, -0.25) is 4.79 Å². The molecule has 0 radical (unpaired) electrons. The van der Waals surface area contributed by atoms with Gasteiger partial charge in [0.25, 0.3) is 0 Å². The average molecular weight is 296 g/mol. The number of carboxylic acids is 1. The first-order valence-electron chi connectivity index (χ1n) is 5.97.